The normalized spacial score (nSPS) is 18.9. The molecule has 0 amide bonds. The molecule has 0 saturated heterocycles. The third-order valence-electron chi connectivity index (χ3n) is 4.52. The summed E-state index contributed by atoms with van der Waals surface area (Å²) in [5.74, 6) is 0.840. The van der Waals surface area contributed by atoms with Crippen LogP contribution < -0.4 is 10.6 Å². The van der Waals surface area contributed by atoms with Crippen molar-refractivity contribution in [2.75, 3.05) is 0 Å². The molecule has 0 aliphatic carbocycles. The minimum atomic E-state index is 0.0589. The summed E-state index contributed by atoms with van der Waals surface area (Å²) in [6.45, 7) is 0.730. The monoisotopic (exact) mass is 405 g/mol. The standard InChI is InChI=1S/C22H20BrN3/c23-19-13-7-8-16(14-19)15-24-22-25-20(17-9-3-1-4-10-17)21(26-22)18-11-5-2-6-12-18/h1-14,20-21H,15H2,(H2,24,25,26)/t20-,21+. The van der Waals surface area contributed by atoms with Crippen molar-refractivity contribution in [1.82, 2.24) is 10.6 Å². The zero-order chi connectivity index (χ0) is 17.8. The van der Waals surface area contributed by atoms with Gasteiger partial charge >= 0.3 is 0 Å². The van der Waals surface area contributed by atoms with Gasteiger partial charge in [0.2, 0.25) is 0 Å². The summed E-state index contributed by atoms with van der Waals surface area (Å²) in [7, 11) is 0. The molecule has 2 N–H and O–H groups in total. The average molecular weight is 406 g/mol. The van der Waals surface area contributed by atoms with E-state index in [1.165, 1.54) is 16.7 Å². The topological polar surface area (TPSA) is 36.4 Å². The molecule has 0 spiro atoms. The molecule has 4 heteroatoms. The first-order valence-electron chi connectivity index (χ1n) is 8.72. The largest absolute Gasteiger partial charge is 0.352 e. The molecule has 2 atom stereocenters. The summed E-state index contributed by atoms with van der Waals surface area (Å²) in [6, 6.07) is 29.5. The smallest absolute Gasteiger partial charge is 0.192 e. The van der Waals surface area contributed by atoms with Crippen molar-refractivity contribution < 1.29 is 0 Å². The maximum Gasteiger partial charge on any atom is 0.192 e. The molecule has 0 fully saturated rings. The van der Waals surface area contributed by atoms with E-state index in [9.17, 15) is 0 Å². The fourth-order valence-electron chi connectivity index (χ4n) is 3.25. The first kappa shape index (κ1) is 16.9. The highest BCUT2D eigenvalue weighted by molar-refractivity contribution is 9.10. The van der Waals surface area contributed by atoms with Crippen LogP contribution >= 0.6 is 15.9 Å². The summed E-state index contributed by atoms with van der Waals surface area (Å²) < 4.78 is 1.09. The molecule has 0 aromatic heterocycles. The van der Waals surface area contributed by atoms with E-state index < -0.39 is 0 Å². The Morgan fingerprint density at radius 3 is 2.23 bits per heavy atom. The molecule has 0 radical (unpaired) electrons. The lowest BCUT2D eigenvalue weighted by Gasteiger charge is -2.19. The number of hydrogen-bond acceptors (Lipinski definition) is 3. The highest BCUT2D eigenvalue weighted by Gasteiger charge is 2.30. The molecule has 4 rings (SSSR count). The van der Waals surface area contributed by atoms with Crippen LogP contribution in [0.4, 0.5) is 0 Å². The molecule has 0 saturated carbocycles. The number of halogens is 1. The minimum Gasteiger partial charge on any atom is -0.352 e. The molecule has 1 aliphatic heterocycles. The van der Waals surface area contributed by atoms with Crippen LogP contribution in [0.3, 0.4) is 0 Å². The van der Waals surface area contributed by atoms with Gasteiger partial charge in [0.25, 0.3) is 0 Å². The summed E-state index contributed by atoms with van der Waals surface area (Å²) in [5.41, 5.74) is 3.67. The second-order valence-corrected chi connectivity index (χ2v) is 7.27. The fraction of sp³-hybridized carbons (Fsp3) is 0.136. The number of nitrogens with one attached hydrogen (secondary N) is 2. The first-order chi connectivity index (χ1) is 12.8. The van der Waals surface area contributed by atoms with E-state index in [-0.39, 0.29) is 12.1 Å². The van der Waals surface area contributed by atoms with Crippen molar-refractivity contribution in [1.29, 1.82) is 0 Å². The zero-order valence-electron chi connectivity index (χ0n) is 14.3. The van der Waals surface area contributed by atoms with E-state index in [1.54, 1.807) is 0 Å². The lowest BCUT2D eigenvalue weighted by atomic mass is 9.95. The Bertz CT molecular complexity index is 894. The zero-order valence-corrected chi connectivity index (χ0v) is 15.9. The Kier molecular flexibility index (Phi) is 5.02. The predicted molar refractivity (Wildman–Crippen MR) is 110 cm³/mol. The number of aliphatic imine (C=N–C) groups is 1. The van der Waals surface area contributed by atoms with Crippen molar-refractivity contribution in [2.24, 2.45) is 4.99 Å². The van der Waals surface area contributed by atoms with Crippen molar-refractivity contribution in [3.8, 4) is 0 Å². The van der Waals surface area contributed by atoms with Gasteiger partial charge in [-0.05, 0) is 28.8 Å². The van der Waals surface area contributed by atoms with Crippen LogP contribution in [0.5, 0.6) is 0 Å². The van der Waals surface area contributed by atoms with Gasteiger partial charge in [0, 0.05) is 11.0 Å². The lowest BCUT2D eigenvalue weighted by Crippen LogP contribution is -2.35. The molecule has 130 valence electrons. The molecular weight excluding hydrogens is 386 g/mol. The Labute approximate surface area is 162 Å². The number of rotatable bonds is 4. The maximum atomic E-state index is 4.94. The van der Waals surface area contributed by atoms with E-state index in [4.69, 9.17) is 4.99 Å². The highest BCUT2D eigenvalue weighted by Crippen LogP contribution is 2.35. The van der Waals surface area contributed by atoms with Crippen molar-refractivity contribution >= 4 is 21.9 Å². The van der Waals surface area contributed by atoms with Crippen molar-refractivity contribution in [3.63, 3.8) is 0 Å². The molecule has 0 bridgehead atoms. The Balaban J connectivity index is 1.56. The predicted octanol–water partition coefficient (Wildman–Crippen LogP) is 4.98. The van der Waals surface area contributed by atoms with Gasteiger partial charge in [-0.1, -0.05) is 88.7 Å². The summed E-state index contributed by atoms with van der Waals surface area (Å²) in [4.78, 5) is 4.94. The number of benzene rings is 3. The Morgan fingerprint density at radius 2 is 1.54 bits per heavy atom. The number of hydrogen-bond donors (Lipinski definition) is 2. The van der Waals surface area contributed by atoms with Gasteiger partial charge in [-0.2, -0.15) is 0 Å². The Morgan fingerprint density at radius 1 is 0.846 bits per heavy atom. The van der Waals surface area contributed by atoms with Gasteiger partial charge < -0.3 is 10.6 Å². The van der Waals surface area contributed by atoms with Crippen LogP contribution in [0, 0.1) is 0 Å². The molecule has 1 aliphatic rings. The van der Waals surface area contributed by atoms with Crippen LogP contribution in [0.1, 0.15) is 28.8 Å². The van der Waals surface area contributed by atoms with E-state index in [1.807, 2.05) is 24.3 Å². The quantitative estimate of drug-likeness (QED) is 0.641. The third-order valence-corrected chi connectivity index (χ3v) is 5.02. The fourth-order valence-corrected chi connectivity index (χ4v) is 3.70. The van der Waals surface area contributed by atoms with Crippen LogP contribution in [0.25, 0.3) is 0 Å². The van der Waals surface area contributed by atoms with Gasteiger partial charge in [-0.3, -0.25) is 0 Å². The molecule has 3 nitrogen and oxygen atoms in total. The number of guanidine groups is 1. The van der Waals surface area contributed by atoms with Crippen LogP contribution in [-0.2, 0) is 6.54 Å². The van der Waals surface area contributed by atoms with Gasteiger partial charge in [-0.25, -0.2) is 4.99 Å². The maximum absolute atomic E-state index is 4.94. The molecule has 0 unspecified atom stereocenters. The van der Waals surface area contributed by atoms with Crippen LogP contribution in [0.15, 0.2) is 94.4 Å². The molecule has 3 aromatic rings. The van der Waals surface area contributed by atoms with Crippen molar-refractivity contribution in [2.45, 2.75) is 18.6 Å². The van der Waals surface area contributed by atoms with Crippen molar-refractivity contribution in [3.05, 3.63) is 106 Å². The van der Waals surface area contributed by atoms with E-state index in [0.29, 0.717) is 0 Å². The Hall–Kier alpha value is -2.59. The van der Waals surface area contributed by atoms with Gasteiger partial charge in [0.15, 0.2) is 5.96 Å². The molecule has 1 heterocycles. The SMILES string of the molecule is Brc1cccc(CNC2=N[C@@H](c3ccccc3)[C@@H](c3ccccc3)N2)c1. The third kappa shape index (κ3) is 3.81. The average Bonchev–Trinajstić information content (AvgIpc) is 3.12. The van der Waals surface area contributed by atoms with Crippen LogP contribution in [0.2, 0.25) is 0 Å². The second kappa shape index (κ2) is 7.75. The molecule has 26 heavy (non-hydrogen) atoms. The lowest BCUT2D eigenvalue weighted by molar-refractivity contribution is 0.570. The summed E-state index contributed by atoms with van der Waals surface area (Å²) >= 11 is 3.52. The molecular formula is C22H20BrN3. The summed E-state index contributed by atoms with van der Waals surface area (Å²) in [5, 5.41) is 7.01. The van der Waals surface area contributed by atoms with Gasteiger partial charge in [-0.15, -0.1) is 0 Å². The van der Waals surface area contributed by atoms with E-state index in [2.05, 4.69) is 87.2 Å². The van der Waals surface area contributed by atoms with E-state index in [0.717, 1.165) is 17.0 Å². The summed E-state index contributed by atoms with van der Waals surface area (Å²) in [6.07, 6.45) is 0. The van der Waals surface area contributed by atoms with Gasteiger partial charge in [0.1, 0.15) is 6.04 Å². The van der Waals surface area contributed by atoms with E-state index >= 15 is 0 Å². The number of nitrogens with zero attached hydrogens (tertiary/aromatic N) is 1. The van der Waals surface area contributed by atoms with Crippen LogP contribution in [-0.4, -0.2) is 5.96 Å². The highest BCUT2D eigenvalue weighted by atomic mass is 79.9. The second-order valence-electron chi connectivity index (χ2n) is 6.35. The first-order valence-corrected chi connectivity index (χ1v) is 9.51. The minimum absolute atomic E-state index is 0.0589. The van der Waals surface area contributed by atoms with Gasteiger partial charge in [0.05, 0.1) is 6.04 Å². The molecule has 3 aromatic carbocycles.